The predicted molar refractivity (Wildman–Crippen MR) is 121 cm³/mol. The van der Waals surface area contributed by atoms with Crippen LogP contribution in [0, 0.1) is 16.0 Å². The second-order valence-electron chi connectivity index (χ2n) is 7.82. The average Bonchev–Trinajstić information content (AvgIpc) is 3.03. The van der Waals surface area contributed by atoms with Crippen LogP contribution >= 0.6 is 11.3 Å². The fraction of sp³-hybridized carbons (Fsp3) is 0.450. The quantitative estimate of drug-likeness (QED) is 0.338. The van der Waals surface area contributed by atoms with Gasteiger partial charge in [-0.3, -0.25) is 19.7 Å². The summed E-state index contributed by atoms with van der Waals surface area (Å²) in [5.41, 5.74) is 0.514. The van der Waals surface area contributed by atoms with E-state index in [1.54, 1.807) is 16.7 Å². The molecule has 0 aliphatic carbocycles. The van der Waals surface area contributed by atoms with Gasteiger partial charge in [0.2, 0.25) is 5.91 Å². The molecule has 1 aromatic carbocycles. The second-order valence-corrected chi connectivity index (χ2v) is 10.9. The van der Waals surface area contributed by atoms with Crippen LogP contribution in [0.2, 0.25) is 0 Å². The molecular formula is C20H24N4O6S2. The van der Waals surface area contributed by atoms with Crippen LogP contribution in [0.5, 0.6) is 0 Å². The van der Waals surface area contributed by atoms with Gasteiger partial charge in [0.1, 0.15) is 11.5 Å². The zero-order chi connectivity index (χ0) is 23.5. The Morgan fingerprint density at radius 1 is 1.38 bits per heavy atom. The molecule has 0 spiro atoms. The number of fused-ring (bicyclic) bond motifs is 1. The maximum atomic E-state index is 12.4. The molecule has 2 heterocycles. The SMILES string of the molecule is C=CCn1c(=NC(=O)CS(=O)(=O)CC(=O)N2CCCC(C)C2)sc2cc([N+](=O)[O-])ccc21. The van der Waals surface area contributed by atoms with Crippen molar-refractivity contribution in [3.63, 3.8) is 0 Å². The number of piperidine rings is 1. The largest absolute Gasteiger partial charge is 0.342 e. The number of nitro benzene ring substituents is 1. The Labute approximate surface area is 188 Å². The number of hydrogen-bond acceptors (Lipinski definition) is 7. The summed E-state index contributed by atoms with van der Waals surface area (Å²) in [6, 6.07) is 4.27. The molecule has 1 unspecified atom stereocenters. The van der Waals surface area contributed by atoms with Crippen LogP contribution in [0.25, 0.3) is 10.2 Å². The molecule has 0 N–H and O–H groups in total. The van der Waals surface area contributed by atoms with Crippen LogP contribution in [0.15, 0.2) is 35.8 Å². The maximum absolute atomic E-state index is 12.4. The van der Waals surface area contributed by atoms with Gasteiger partial charge < -0.3 is 9.47 Å². The summed E-state index contributed by atoms with van der Waals surface area (Å²) in [5, 5.41) is 11.0. The van der Waals surface area contributed by atoms with Crippen LogP contribution in [0.1, 0.15) is 19.8 Å². The van der Waals surface area contributed by atoms with E-state index < -0.39 is 38.1 Å². The highest BCUT2D eigenvalue weighted by Gasteiger charge is 2.27. The third-order valence-corrected chi connectivity index (χ3v) is 7.52. The van der Waals surface area contributed by atoms with Crippen molar-refractivity contribution in [3.8, 4) is 0 Å². The van der Waals surface area contributed by atoms with E-state index in [9.17, 15) is 28.1 Å². The van der Waals surface area contributed by atoms with Gasteiger partial charge in [0, 0.05) is 31.8 Å². The summed E-state index contributed by atoms with van der Waals surface area (Å²) >= 11 is 1.04. The van der Waals surface area contributed by atoms with E-state index in [0.717, 1.165) is 24.2 Å². The number of carbonyl (C=O) groups is 2. The van der Waals surface area contributed by atoms with Gasteiger partial charge >= 0.3 is 0 Å². The molecule has 0 radical (unpaired) electrons. The number of amides is 2. The molecule has 2 amide bonds. The van der Waals surface area contributed by atoms with Crippen molar-refractivity contribution < 1.29 is 22.9 Å². The summed E-state index contributed by atoms with van der Waals surface area (Å²) in [4.78, 5) is 41.0. The van der Waals surface area contributed by atoms with E-state index in [1.807, 2.05) is 6.92 Å². The van der Waals surface area contributed by atoms with E-state index in [0.29, 0.717) is 29.2 Å². The van der Waals surface area contributed by atoms with Crippen molar-refractivity contribution in [2.24, 2.45) is 10.9 Å². The minimum atomic E-state index is -3.99. The molecule has 0 bridgehead atoms. The van der Waals surface area contributed by atoms with Crippen molar-refractivity contribution >= 4 is 48.9 Å². The Morgan fingerprint density at radius 2 is 2.12 bits per heavy atom. The molecule has 172 valence electrons. The number of hydrogen-bond donors (Lipinski definition) is 0. The number of benzene rings is 1. The summed E-state index contributed by atoms with van der Waals surface area (Å²) in [6.07, 6.45) is 3.40. The number of rotatable bonds is 7. The van der Waals surface area contributed by atoms with Gasteiger partial charge in [-0.05, 0) is 24.8 Å². The Kier molecular flexibility index (Phi) is 7.24. The first kappa shape index (κ1) is 23.8. The van der Waals surface area contributed by atoms with E-state index in [2.05, 4.69) is 11.6 Å². The monoisotopic (exact) mass is 480 g/mol. The highest BCUT2D eigenvalue weighted by atomic mass is 32.2. The fourth-order valence-electron chi connectivity index (χ4n) is 3.64. The molecule has 3 rings (SSSR count). The van der Waals surface area contributed by atoms with Crippen LogP contribution in [0.3, 0.4) is 0 Å². The van der Waals surface area contributed by atoms with Crippen LogP contribution in [-0.2, 0) is 26.0 Å². The normalized spacial score (nSPS) is 17.5. The van der Waals surface area contributed by atoms with Gasteiger partial charge in [-0.2, -0.15) is 4.99 Å². The first-order chi connectivity index (χ1) is 15.1. The van der Waals surface area contributed by atoms with Gasteiger partial charge in [0.05, 0.1) is 15.1 Å². The Balaban J connectivity index is 1.82. The number of nitro groups is 1. The first-order valence-electron chi connectivity index (χ1n) is 10.0. The Morgan fingerprint density at radius 3 is 2.78 bits per heavy atom. The van der Waals surface area contributed by atoms with Crippen molar-refractivity contribution in [2.45, 2.75) is 26.3 Å². The summed E-state index contributed by atoms with van der Waals surface area (Å²) < 4.78 is 27.0. The van der Waals surface area contributed by atoms with E-state index in [4.69, 9.17) is 0 Å². The summed E-state index contributed by atoms with van der Waals surface area (Å²) in [6.45, 7) is 6.99. The topological polar surface area (TPSA) is 132 Å². The van der Waals surface area contributed by atoms with E-state index in [-0.39, 0.29) is 17.0 Å². The predicted octanol–water partition coefficient (Wildman–Crippen LogP) is 1.90. The zero-order valence-electron chi connectivity index (χ0n) is 17.6. The van der Waals surface area contributed by atoms with E-state index in [1.165, 1.54) is 17.0 Å². The molecule has 32 heavy (non-hydrogen) atoms. The summed E-state index contributed by atoms with van der Waals surface area (Å²) in [5.74, 6) is -2.70. The van der Waals surface area contributed by atoms with Crippen molar-refractivity contribution in [1.82, 2.24) is 9.47 Å². The standard InChI is InChI=1S/C20H24N4O6S2/c1-3-8-23-16-7-6-15(24(27)28)10-17(16)31-20(23)21-18(25)12-32(29,30)13-19(26)22-9-4-5-14(2)11-22/h3,6-7,10,14H,1,4-5,8-9,11-13H2,2H3. The number of aromatic nitrogens is 1. The maximum Gasteiger partial charge on any atom is 0.270 e. The molecule has 1 atom stereocenters. The van der Waals surface area contributed by atoms with Crippen molar-refractivity contribution in [3.05, 3.63) is 45.8 Å². The van der Waals surface area contributed by atoms with Crippen LogP contribution < -0.4 is 4.80 Å². The molecule has 0 saturated carbocycles. The van der Waals surface area contributed by atoms with Crippen molar-refractivity contribution in [2.75, 3.05) is 24.6 Å². The average molecular weight is 481 g/mol. The number of carbonyl (C=O) groups excluding carboxylic acids is 2. The van der Waals surface area contributed by atoms with Crippen molar-refractivity contribution in [1.29, 1.82) is 0 Å². The number of non-ortho nitro benzene ring substituents is 1. The number of sulfone groups is 1. The van der Waals surface area contributed by atoms with Gasteiger partial charge in [-0.1, -0.05) is 24.3 Å². The molecule has 1 aliphatic rings. The van der Waals surface area contributed by atoms with Gasteiger partial charge in [-0.25, -0.2) is 8.42 Å². The molecule has 2 aromatic rings. The molecule has 1 fully saturated rings. The second kappa shape index (κ2) is 9.74. The zero-order valence-corrected chi connectivity index (χ0v) is 19.2. The first-order valence-corrected chi connectivity index (χ1v) is 12.7. The molecule has 10 nitrogen and oxygen atoms in total. The summed E-state index contributed by atoms with van der Waals surface area (Å²) in [7, 11) is -3.99. The van der Waals surface area contributed by atoms with Gasteiger partial charge in [0.25, 0.3) is 11.6 Å². The lowest BCUT2D eigenvalue weighted by Crippen LogP contribution is -2.42. The van der Waals surface area contributed by atoms with Gasteiger partial charge in [-0.15, -0.1) is 6.58 Å². The molecule has 1 aliphatic heterocycles. The van der Waals surface area contributed by atoms with Gasteiger partial charge in [0.15, 0.2) is 14.6 Å². The Bertz CT molecular complexity index is 1240. The Hall–Kier alpha value is -2.86. The molecule has 12 heteroatoms. The number of likely N-dealkylation sites (tertiary alicyclic amines) is 1. The third-order valence-electron chi connectivity index (χ3n) is 5.11. The minimum Gasteiger partial charge on any atom is -0.342 e. The van der Waals surface area contributed by atoms with E-state index >= 15 is 0 Å². The minimum absolute atomic E-state index is 0.101. The lowest BCUT2D eigenvalue weighted by atomic mass is 10.0. The smallest absolute Gasteiger partial charge is 0.270 e. The number of nitrogens with zero attached hydrogens (tertiary/aromatic N) is 4. The highest BCUT2D eigenvalue weighted by Crippen LogP contribution is 2.23. The number of thiazole rings is 1. The number of allylic oxidation sites excluding steroid dienone is 1. The lowest BCUT2D eigenvalue weighted by molar-refractivity contribution is -0.384. The fourth-order valence-corrected chi connectivity index (χ4v) is 5.83. The van der Waals surface area contributed by atoms with Crippen LogP contribution in [0.4, 0.5) is 5.69 Å². The van der Waals surface area contributed by atoms with Crippen LogP contribution in [-0.4, -0.2) is 59.2 Å². The highest BCUT2D eigenvalue weighted by molar-refractivity contribution is 7.92. The lowest BCUT2D eigenvalue weighted by Gasteiger charge is -2.30. The third kappa shape index (κ3) is 5.68. The molecular weight excluding hydrogens is 456 g/mol. The molecule has 1 saturated heterocycles. The molecule has 1 aromatic heterocycles.